The molecule has 0 bridgehead atoms. The van der Waals surface area contributed by atoms with Gasteiger partial charge in [-0.05, 0) is 118 Å². The number of thiophene rings is 1. The van der Waals surface area contributed by atoms with Gasteiger partial charge in [-0.15, -0.1) is 11.3 Å². The van der Waals surface area contributed by atoms with Crippen LogP contribution in [0.5, 0.6) is 0 Å². The number of hydrogen-bond donors (Lipinski definition) is 0. The van der Waals surface area contributed by atoms with Crippen LogP contribution in [0.25, 0.3) is 38.2 Å². The van der Waals surface area contributed by atoms with E-state index in [0.717, 1.165) is 28.5 Å². The molecule has 1 saturated heterocycles. The van der Waals surface area contributed by atoms with E-state index in [4.69, 9.17) is 9.84 Å². The number of hydrogen-bond acceptors (Lipinski definition) is 7. The van der Waals surface area contributed by atoms with Crippen LogP contribution in [0.2, 0.25) is 0 Å². The number of benzene rings is 3. The van der Waals surface area contributed by atoms with Gasteiger partial charge in [0.2, 0.25) is 0 Å². The minimum absolute atomic E-state index is 0.0595. The molecule has 1 amide bonds. The highest BCUT2D eigenvalue weighted by Crippen LogP contribution is 2.58. The highest BCUT2D eigenvalue weighted by molar-refractivity contribution is 7.21. The van der Waals surface area contributed by atoms with Gasteiger partial charge in [-0.3, -0.25) is 18.6 Å². The normalized spacial score (nSPS) is 22.2. The van der Waals surface area contributed by atoms with E-state index in [9.17, 15) is 10.1 Å². The topological polar surface area (TPSA) is 116 Å². The standard InChI is InChI=1S/C47H46F2N8O3S/c1-25-18-31(19-26(2)40(25)48)57-43(56-16-15-55(45(56)59)36-11-10-35-33(41(36)49)23-51-53(35)7)38-28(4)54(14-12-34(38)52-57)44(58)42-39(47(24-50)21-27(47)3)32-9-8-29(20-37(32)61-42)30-13-17-60-46(5,6)22-30/h8-11,15-16,18-20,23,27-28,30H,12-14,17,21-22H2,1-7H3/t27?,28-,30?,47?/m0/s1. The first-order valence-corrected chi connectivity index (χ1v) is 21.7. The first-order valence-electron chi connectivity index (χ1n) is 20.9. The molecule has 10 rings (SSSR count). The summed E-state index contributed by atoms with van der Waals surface area (Å²) in [5.41, 5.74) is 3.84. The molecule has 61 heavy (non-hydrogen) atoms. The number of fused-ring (bicyclic) bond motifs is 3. The largest absolute Gasteiger partial charge is 0.376 e. The van der Waals surface area contributed by atoms with Gasteiger partial charge in [-0.25, -0.2) is 18.3 Å². The molecule has 3 aromatic carbocycles. The zero-order chi connectivity index (χ0) is 42.9. The van der Waals surface area contributed by atoms with Crippen LogP contribution in [0.15, 0.2) is 65.8 Å². The molecule has 312 valence electrons. The Labute approximate surface area is 355 Å². The monoisotopic (exact) mass is 840 g/mol. The second-order valence-corrected chi connectivity index (χ2v) is 18.9. The Morgan fingerprint density at radius 1 is 1.00 bits per heavy atom. The van der Waals surface area contributed by atoms with Crippen molar-refractivity contribution in [1.29, 1.82) is 5.26 Å². The number of nitrogens with zero attached hydrogens (tertiary/aromatic N) is 8. The Kier molecular flexibility index (Phi) is 8.88. The van der Waals surface area contributed by atoms with Crippen LogP contribution < -0.4 is 5.69 Å². The van der Waals surface area contributed by atoms with Gasteiger partial charge in [-0.1, -0.05) is 19.1 Å². The van der Waals surface area contributed by atoms with Crippen LogP contribution in [-0.2, 0) is 23.6 Å². The number of aromatic nitrogens is 6. The number of carbonyl (C=O) groups excluding carboxylic acids is 1. The van der Waals surface area contributed by atoms with Crippen molar-refractivity contribution < 1.29 is 18.3 Å². The molecule has 4 atom stereocenters. The summed E-state index contributed by atoms with van der Waals surface area (Å²) in [5.74, 6) is -0.309. The van der Waals surface area contributed by atoms with Crippen molar-refractivity contribution in [2.24, 2.45) is 13.0 Å². The Hall–Kier alpha value is -5.91. The summed E-state index contributed by atoms with van der Waals surface area (Å²) in [6, 6.07) is 15.2. The SMILES string of the molecule is Cc1cc(-n2nc3c(c2-n2ccn(-c4ccc5c(cnn5C)c4F)c2=O)[C@H](C)N(C(=O)c2sc4cc(C5CCOC(C)(C)C5)ccc4c2C2(C#N)CC2C)CC3)cc(C)c1F. The zero-order valence-electron chi connectivity index (χ0n) is 35.2. The maximum absolute atomic E-state index is 16.1. The van der Waals surface area contributed by atoms with Crippen molar-refractivity contribution in [3.05, 3.63) is 122 Å². The lowest BCUT2D eigenvalue weighted by atomic mass is 9.83. The molecule has 2 aliphatic heterocycles. The number of amides is 1. The molecule has 2 fully saturated rings. The summed E-state index contributed by atoms with van der Waals surface area (Å²) in [7, 11) is 1.72. The lowest BCUT2D eigenvalue weighted by Crippen LogP contribution is -2.39. The summed E-state index contributed by atoms with van der Waals surface area (Å²) in [6.45, 7) is 12.7. The first-order chi connectivity index (χ1) is 29.1. The Morgan fingerprint density at radius 2 is 1.74 bits per heavy atom. The van der Waals surface area contributed by atoms with Gasteiger partial charge in [0.15, 0.2) is 5.82 Å². The van der Waals surface area contributed by atoms with Gasteiger partial charge >= 0.3 is 5.69 Å². The van der Waals surface area contributed by atoms with Crippen LogP contribution in [-0.4, -0.2) is 58.3 Å². The molecule has 0 spiro atoms. The fraction of sp³-hybridized carbons (Fsp3) is 0.383. The minimum atomic E-state index is -0.770. The molecular formula is C47H46F2N8O3S. The molecule has 14 heteroatoms. The smallest absolute Gasteiger partial charge is 0.338 e. The van der Waals surface area contributed by atoms with Gasteiger partial charge in [0.1, 0.15) is 11.6 Å². The summed E-state index contributed by atoms with van der Waals surface area (Å²) in [6.07, 6.45) is 7.39. The predicted octanol–water partition coefficient (Wildman–Crippen LogP) is 9.04. The number of rotatable bonds is 6. The van der Waals surface area contributed by atoms with Gasteiger partial charge in [0.05, 0.1) is 62.2 Å². The van der Waals surface area contributed by atoms with Crippen molar-refractivity contribution in [1.82, 2.24) is 33.6 Å². The van der Waals surface area contributed by atoms with Gasteiger partial charge in [0.25, 0.3) is 5.91 Å². The average molecular weight is 841 g/mol. The van der Waals surface area contributed by atoms with Gasteiger partial charge in [-0.2, -0.15) is 15.5 Å². The van der Waals surface area contributed by atoms with Crippen LogP contribution >= 0.6 is 11.3 Å². The molecule has 0 radical (unpaired) electrons. The second kappa shape index (κ2) is 13.8. The lowest BCUT2D eigenvalue weighted by molar-refractivity contribution is -0.0592. The molecule has 3 aliphatic rings. The molecule has 1 aliphatic carbocycles. The van der Waals surface area contributed by atoms with E-state index < -0.39 is 23.0 Å². The second-order valence-electron chi connectivity index (χ2n) is 17.9. The highest BCUT2D eigenvalue weighted by Gasteiger charge is 2.56. The van der Waals surface area contributed by atoms with Crippen LogP contribution in [0.3, 0.4) is 0 Å². The Balaban J connectivity index is 1.10. The maximum atomic E-state index is 16.1. The number of halogens is 2. The lowest BCUT2D eigenvalue weighted by Gasteiger charge is -2.35. The molecule has 7 aromatic rings. The van der Waals surface area contributed by atoms with Crippen molar-refractivity contribution in [2.75, 3.05) is 13.2 Å². The Morgan fingerprint density at radius 3 is 2.44 bits per heavy atom. The minimum Gasteiger partial charge on any atom is -0.376 e. The number of nitriles is 1. The van der Waals surface area contributed by atoms with Crippen LogP contribution in [0, 0.1) is 42.7 Å². The predicted molar refractivity (Wildman–Crippen MR) is 230 cm³/mol. The third-order valence-corrected chi connectivity index (χ3v) is 14.7. The molecule has 6 heterocycles. The van der Waals surface area contributed by atoms with Crippen LogP contribution in [0.4, 0.5) is 8.78 Å². The molecule has 11 nitrogen and oxygen atoms in total. The number of carbonyl (C=O) groups is 1. The van der Waals surface area contributed by atoms with E-state index in [1.807, 2.05) is 11.8 Å². The third-order valence-electron chi connectivity index (χ3n) is 13.5. The first kappa shape index (κ1) is 39.2. The summed E-state index contributed by atoms with van der Waals surface area (Å²) in [5, 5.41) is 21.2. The molecule has 4 aromatic heterocycles. The van der Waals surface area contributed by atoms with E-state index in [0.29, 0.717) is 76.2 Å². The maximum Gasteiger partial charge on any atom is 0.338 e. The summed E-state index contributed by atoms with van der Waals surface area (Å²) < 4.78 is 44.0. The van der Waals surface area contributed by atoms with Gasteiger partial charge < -0.3 is 9.64 Å². The van der Waals surface area contributed by atoms with Gasteiger partial charge in [0, 0.05) is 54.8 Å². The highest BCUT2D eigenvalue weighted by atomic mass is 32.1. The van der Waals surface area contributed by atoms with Crippen LogP contribution in [0.1, 0.15) is 102 Å². The van der Waals surface area contributed by atoms with Crippen molar-refractivity contribution >= 4 is 38.2 Å². The van der Waals surface area contributed by atoms with Crippen molar-refractivity contribution in [3.63, 3.8) is 0 Å². The fourth-order valence-electron chi connectivity index (χ4n) is 10.1. The van der Waals surface area contributed by atoms with E-state index in [2.05, 4.69) is 50.1 Å². The fourth-order valence-corrected chi connectivity index (χ4v) is 11.4. The summed E-state index contributed by atoms with van der Waals surface area (Å²) in [4.78, 5) is 32.2. The number of ether oxygens (including phenoxy) is 1. The van der Waals surface area contributed by atoms with E-state index in [1.54, 1.807) is 60.7 Å². The van der Waals surface area contributed by atoms with Crippen molar-refractivity contribution in [2.45, 2.75) is 90.2 Å². The molecular weight excluding hydrogens is 795 g/mol. The van der Waals surface area contributed by atoms with Crippen molar-refractivity contribution in [3.8, 4) is 23.3 Å². The average Bonchev–Trinajstić information content (AvgIpc) is 3.69. The third kappa shape index (κ3) is 5.95. The van der Waals surface area contributed by atoms with E-state index in [1.165, 1.54) is 38.4 Å². The molecule has 0 N–H and O–H groups in total. The Bertz CT molecular complexity index is 3070. The summed E-state index contributed by atoms with van der Waals surface area (Å²) >= 11 is 1.46. The molecule has 3 unspecified atom stereocenters. The number of aryl methyl sites for hydroxylation is 3. The van der Waals surface area contributed by atoms with E-state index >= 15 is 13.6 Å². The number of imidazole rings is 1. The van der Waals surface area contributed by atoms with E-state index in [-0.39, 0.29) is 34.3 Å². The zero-order valence-corrected chi connectivity index (χ0v) is 36.0. The quantitative estimate of drug-likeness (QED) is 0.165. The molecule has 1 saturated carbocycles.